The van der Waals surface area contributed by atoms with E-state index in [0.717, 1.165) is 0 Å². The van der Waals surface area contributed by atoms with Crippen molar-refractivity contribution in [3.8, 4) is 0 Å². The SMILES string of the molecule is CC(C)C(C)C(=O)Nc1ccc(Cl)nn1. The van der Waals surface area contributed by atoms with Crippen molar-refractivity contribution in [2.24, 2.45) is 11.8 Å². The van der Waals surface area contributed by atoms with E-state index < -0.39 is 0 Å². The summed E-state index contributed by atoms with van der Waals surface area (Å²) in [5.74, 6) is 0.617. The zero-order valence-corrected chi connectivity index (χ0v) is 9.75. The fourth-order valence-corrected chi connectivity index (χ4v) is 1.03. The van der Waals surface area contributed by atoms with Crippen LogP contribution in [0.2, 0.25) is 5.15 Å². The van der Waals surface area contributed by atoms with Gasteiger partial charge in [0.2, 0.25) is 5.91 Å². The first-order chi connectivity index (χ1) is 7.00. The van der Waals surface area contributed by atoms with Crippen molar-refractivity contribution >= 4 is 23.3 Å². The molecule has 0 saturated heterocycles. The molecule has 5 heteroatoms. The predicted octanol–water partition coefficient (Wildman–Crippen LogP) is 2.36. The monoisotopic (exact) mass is 227 g/mol. The number of carbonyl (C=O) groups is 1. The van der Waals surface area contributed by atoms with Gasteiger partial charge in [-0.2, -0.15) is 0 Å². The van der Waals surface area contributed by atoms with Gasteiger partial charge in [0.15, 0.2) is 11.0 Å². The average Bonchev–Trinajstić information content (AvgIpc) is 2.20. The van der Waals surface area contributed by atoms with E-state index in [4.69, 9.17) is 11.6 Å². The third-order valence-corrected chi connectivity index (χ3v) is 2.50. The number of carbonyl (C=O) groups excluding carboxylic acids is 1. The minimum absolute atomic E-state index is 0.0533. The minimum Gasteiger partial charge on any atom is -0.309 e. The molecule has 1 heterocycles. The number of nitrogens with zero attached hydrogens (tertiary/aromatic N) is 2. The Morgan fingerprint density at radius 2 is 2.00 bits per heavy atom. The molecular formula is C10H14ClN3O. The lowest BCUT2D eigenvalue weighted by Crippen LogP contribution is -2.24. The van der Waals surface area contributed by atoms with Crippen LogP contribution in [0, 0.1) is 11.8 Å². The molecule has 0 aliphatic carbocycles. The fraction of sp³-hybridized carbons (Fsp3) is 0.500. The number of nitrogens with one attached hydrogen (secondary N) is 1. The molecule has 1 rings (SSSR count). The van der Waals surface area contributed by atoms with Gasteiger partial charge in [-0.25, -0.2) is 0 Å². The van der Waals surface area contributed by atoms with E-state index >= 15 is 0 Å². The molecule has 1 aromatic rings. The average molecular weight is 228 g/mol. The summed E-state index contributed by atoms with van der Waals surface area (Å²) in [5, 5.41) is 10.4. The molecule has 0 aromatic carbocycles. The van der Waals surface area contributed by atoms with Crippen LogP contribution in [0.5, 0.6) is 0 Å². The third kappa shape index (κ3) is 3.47. The molecule has 82 valence electrons. The van der Waals surface area contributed by atoms with Crippen molar-refractivity contribution in [3.05, 3.63) is 17.3 Å². The van der Waals surface area contributed by atoms with Gasteiger partial charge in [0.05, 0.1) is 0 Å². The molecule has 0 aliphatic rings. The van der Waals surface area contributed by atoms with Crippen molar-refractivity contribution < 1.29 is 4.79 Å². The van der Waals surface area contributed by atoms with E-state index in [1.807, 2.05) is 20.8 Å². The fourth-order valence-electron chi connectivity index (χ4n) is 0.925. The lowest BCUT2D eigenvalue weighted by Gasteiger charge is -2.14. The maximum atomic E-state index is 11.6. The first-order valence-electron chi connectivity index (χ1n) is 4.81. The van der Waals surface area contributed by atoms with Crippen molar-refractivity contribution in [2.75, 3.05) is 5.32 Å². The van der Waals surface area contributed by atoms with Crippen molar-refractivity contribution in [1.82, 2.24) is 10.2 Å². The Morgan fingerprint density at radius 3 is 2.47 bits per heavy atom. The van der Waals surface area contributed by atoms with Crippen LogP contribution in [-0.2, 0) is 4.79 Å². The standard InChI is InChI=1S/C10H14ClN3O/c1-6(2)7(3)10(15)12-9-5-4-8(11)13-14-9/h4-7H,1-3H3,(H,12,14,15). The van der Waals surface area contributed by atoms with E-state index in [-0.39, 0.29) is 11.8 Å². The van der Waals surface area contributed by atoms with E-state index in [1.165, 1.54) is 0 Å². The highest BCUT2D eigenvalue weighted by atomic mass is 35.5. The molecule has 1 aromatic heterocycles. The number of anilines is 1. The van der Waals surface area contributed by atoms with Crippen LogP contribution in [0.15, 0.2) is 12.1 Å². The molecule has 0 radical (unpaired) electrons. The van der Waals surface area contributed by atoms with E-state index in [0.29, 0.717) is 16.9 Å². The Labute approximate surface area is 94.0 Å². The zero-order chi connectivity index (χ0) is 11.4. The van der Waals surface area contributed by atoms with Gasteiger partial charge in [0.1, 0.15) is 0 Å². The smallest absolute Gasteiger partial charge is 0.228 e. The highest BCUT2D eigenvalue weighted by molar-refractivity contribution is 6.29. The van der Waals surface area contributed by atoms with E-state index in [9.17, 15) is 4.79 Å². The number of hydrogen-bond acceptors (Lipinski definition) is 3. The summed E-state index contributed by atoms with van der Waals surface area (Å²) in [5.41, 5.74) is 0. The van der Waals surface area contributed by atoms with Crippen LogP contribution in [0.25, 0.3) is 0 Å². The summed E-state index contributed by atoms with van der Waals surface area (Å²) >= 11 is 5.57. The molecule has 0 saturated carbocycles. The Bertz CT molecular complexity index is 337. The lowest BCUT2D eigenvalue weighted by molar-refractivity contribution is -0.120. The lowest BCUT2D eigenvalue weighted by atomic mass is 9.97. The normalized spacial score (nSPS) is 12.6. The largest absolute Gasteiger partial charge is 0.309 e. The molecule has 0 spiro atoms. The van der Waals surface area contributed by atoms with Crippen LogP contribution in [0.1, 0.15) is 20.8 Å². The second kappa shape index (κ2) is 5.07. The molecule has 15 heavy (non-hydrogen) atoms. The molecule has 4 nitrogen and oxygen atoms in total. The topological polar surface area (TPSA) is 54.9 Å². The van der Waals surface area contributed by atoms with Crippen LogP contribution in [-0.4, -0.2) is 16.1 Å². The summed E-state index contributed by atoms with van der Waals surface area (Å²) < 4.78 is 0. The molecule has 0 fully saturated rings. The maximum absolute atomic E-state index is 11.6. The molecule has 1 atom stereocenters. The van der Waals surface area contributed by atoms with Crippen LogP contribution < -0.4 is 5.32 Å². The summed E-state index contributed by atoms with van der Waals surface area (Å²) in [7, 11) is 0. The number of halogens is 1. The third-order valence-electron chi connectivity index (χ3n) is 2.30. The summed E-state index contributed by atoms with van der Waals surface area (Å²) in [6.07, 6.45) is 0. The van der Waals surface area contributed by atoms with E-state index in [1.54, 1.807) is 12.1 Å². The van der Waals surface area contributed by atoms with Crippen molar-refractivity contribution in [3.63, 3.8) is 0 Å². The Balaban J connectivity index is 2.62. The number of amides is 1. The summed E-state index contributed by atoms with van der Waals surface area (Å²) in [6.45, 7) is 5.87. The first kappa shape index (κ1) is 11.9. The highest BCUT2D eigenvalue weighted by Gasteiger charge is 2.16. The summed E-state index contributed by atoms with van der Waals surface area (Å²) in [6, 6.07) is 3.21. The molecule has 0 bridgehead atoms. The van der Waals surface area contributed by atoms with Gasteiger partial charge in [-0.1, -0.05) is 32.4 Å². The molecule has 1 unspecified atom stereocenters. The molecule has 0 aliphatic heterocycles. The molecular weight excluding hydrogens is 214 g/mol. The van der Waals surface area contributed by atoms with Gasteiger partial charge in [-0.05, 0) is 18.1 Å². The van der Waals surface area contributed by atoms with Gasteiger partial charge < -0.3 is 5.32 Å². The van der Waals surface area contributed by atoms with Gasteiger partial charge in [0, 0.05) is 5.92 Å². The molecule has 1 amide bonds. The minimum atomic E-state index is -0.0541. The van der Waals surface area contributed by atoms with Gasteiger partial charge in [0.25, 0.3) is 0 Å². The van der Waals surface area contributed by atoms with Gasteiger partial charge in [-0.15, -0.1) is 10.2 Å². The first-order valence-corrected chi connectivity index (χ1v) is 5.18. The predicted molar refractivity (Wildman–Crippen MR) is 59.7 cm³/mol. The van der Waals surface area contributed by atoms with Crippen molar-refractivity contribution in [1.29, 1.82) is 0 Å². The van der Waals surface area contributed by atoms with Gasteiger partial charge in [-0.3, -0.25) is 4.79 Å². The number of rotatable bonds is 3. The molecule has 1 N–H and O–H groups in total. The quantitative estimate of drug-likeness (QED) is 0.863. The highest BCUT2D eigenvalue weighted by Crippen LogP contribution is 2.13. The second-order valence-electron chi connectivity index (χ2n) is 3.76. The van der Waals surface area contributed by atoms with Crippen LogP contribution in [0.4, 0.5) is 5.82 Å². The summed E-state index contributed by atoms with van der Waals surface area (Å²) in [4.78, 5) is 11.6. The van der Waals surface area contributed by atoms with Crippen LogP contribution >= 0.6 is 11.6 Å². The van der Waals surface area contributed by atoms with Crippen LogP contribution in [0.3, 0.4) is 0 Å². The number of aromatic nitrogens is 2. The zero-order valence-electron chi connectivity index (χ0n) is 8.99. The van der Waals surface area contributed by atoms with Gasteiger partial charge >= 0.3 is 0 Å². The maximum Gasteiger partial charge on any atom is 0.228 e. The Kier molecular flexibility index (Phi) is 4.03. The Hall–Kier alpha value is -1.16. The second-order valence-corrected chi connectivity index (χ2v) is 4.15. The van der Waals surface area contributed by atoms with E-state index in [2.05, 4.69) is 15.5 Å². The number of hydrogen-bond donors (Lipinski definition) is 1. The Morgan fingerprint density at radius 1 is 1.33 bits per heavy atom. The van der Waals surface area contributed by atoms with Crippen molar-refractivity contribution in [2.45, 2.75) is 20.8 Å².